The van der Waals surface area contributed by atoms with Gasteiger partial charge in [0.05, 0.1) is 21.3 Å². The maximum absolute atomic E-state index is 4.53. The Kier molecular flexibility index (Phi) is 3.27. The van der Waals surface area contributed by atoms with Crippen molar-refractivity contribution in [1.29, 1.82) is 0 Å². The zero-order valence-electron chi connectivity index (χ0n) is 10.2. The summed E-state index contributed by atoms with van der Waals surface area (Å²) in [6.45, 7) is 7.57. The molecule has 2 nitrogen and oxygen atoms in total. The topological polar surface area (TPSA) is 24.9 Å². The number of nitrogens with zero attached hydrogens (tertiary/aromatic N) is 1. The number of anilines is 1. The molecule has 4 heteroatoms. The van der Waals surface area contributed by atoms with E-state index in [-0.39, 0.29) is 0 Å². The first kappa shape index (κ1) is 12.3. The zero-order valence-corrected chi connectivity index (χ0v) is 11.9. The molecule has 1 aromatic heterocycles. The van der Waals surface area contributed by atoms with Crippen molar-refractivity contribution in [1.82, 2.24) is 4.98 Å². The van der Waals surface area contributed by atoms with Gasteiger partial charge in [0.15, 0.2) is 0 Å². The lowest BCUT2D eigenvalue weighted by molar-refractivity contribution is 1.35. The largest absolute Gasteiger partial charge is 0.349 e. The Labute approximate surface area is 120 Å². The number of aromatic nitrogens is 1. The van der Waals surface area contributed by atoms with Crippen LogP contribution in [0, 0.1) is 0 Å². The van der Waals surface area contributed by atoms with Crippen LogP contribution in [0.4, 0.5) is 5.69 Å². The maximum atomic E-state index is 4.53. The number of nitrogens with one attached hydrogen (secondary N) is 1. The van der Waals surface area contributed by atoms with Gasteiger partial charge in [-0.1, -0.05) is 37.1 Å². The van der Waals surface area contributed by atoms with E-state index in [1.165, 1.54) is 4.90 Å². The Morgan fingerprint density at radius 3 is 2.68 bits per heavy atom. The highest BCUT2D eigenvalue weighted by molar-refractivity contribution is 8.03. The van der Waals surface area contributed by atoms with Gasteiger partial charge in [-0.25, -0.2) is 4.98 Å². The molecule has 1 N–H and O–H groups in total. The van der Waals surface area contributed by atoms with Crippen LogP contribution in [-0.2, 0) is 0 Å². The third kappa shape index (κ3) is 2.37. The second-order valence-electron chi connectivity index (χ2n) is 3.94. The quantitative estimate of drug-likeness (QED) is 0.863. The fraction of sp³-hybridized carbons (Fsp3) is 0. The van der Waals surface area contributed by atoms with E-state index in [1.54, 1.807) is 29.2 Å². The van der Waals surface area contributed by atoms with Gasteiger partial charge >= 0.3 is 0 Å². The van der Waals surface area contributed by atoms with Gasteiger partial charge in [-0.2, -0.15) is 0 Å². The monoisotopic (exact) mass is 284 g/mol. The predicted octanol–water partition coefficient (Wildman–Crippen LogP) is 4.95. The lowest BCUT2D eigenvalue weighted by Crippen LogP contribution is -1.87. The molecule has 19 heavy (non-hydrogen) atoms. The highest BCUT2D eigenvalue weighted by atomic mass is 32.2. The second-order valence-corrected chi connectivity index (χ2v) is 6.09. The SMILES string of the molecule is C=Cc1nc(C=C2Nc3ccccc3S2)sc1C=C. The first-order chi connectivity index (χ1) is 9.30. The van der Waals surface area contributed by atoms with Crippen molar-refractivity contribution >= 4 is 47.0 Å². The van der Waals surface area contributed by atoms with Crippen LogP contribution in [0.1, 0.15) is 15.6 Å². The minimum absolute atomic E-state index is 0.896. The molecule has 0 fully saturated rings. The zero-order chi connectivity index (χ0) is 13.2. The van der Waals surface area contributed by atoms with Gasteiger partial charge in [0.2, 0.25) is 0 Å². The average molecular weight is 284 g/mol. The van der Waals surface area contributed by atoms with Crippen molar-refractivity contribution in [3.63, 3.8) is 0 Å². The molecule has 0 atom stereocenters. The van der Waals surface area contributed by atoms with E-state index in [4.69, 9.17) is 0 Å². The Bertz CT molecular complexity index is 631. The van der Waals surface area contributed by atoms with Crippen molar-refractivity contribution in [2.75, 3.05) is 5.32 Å². The Morgan fingerprint density at radius 1 is 1.16 bits per heavy atom. The van der Waals surface area contributed by atoms with Crippen LogP contribution in [0.2, 0.25) is 0 Å². The summed E-state index contributed by atoms with van der Waals surface area (Å²) >= 11 is 3.35. The van der Waals surface area contributed by atoms with Gasteiger partial charge in [-0.05, 0) is 24.3 Å². The van der Waals surface area contributed by atoms with E-state index in [2.05, 4.69) is 41.7 Å². The van der Waals surface area contributed by atoms with Crippen molar-refractivity contribution in [2.45, 2.75) is 4.90 Å². The molecule has 0 amide bonds. The lowest BCUT2D eigenvalue weighted by atomic mass is 10.3. The second kappa shape index (κ2) is 5.07. The fourth-order valence-electron chi connectivity index (χ4n) is 1.83. The van der Waals surface area contributed by atoms with Crippen LogP contribution in [0.3, 0.4) is 0 Å². The standard InChI is InChI=1S/C15H12N2S2/c1-3-10-12(4-2)18-14(16-10)9-15-17-11-7-5-6-8-13(11)19-15/h3-9,17H,1-2H2. The molecular formula is C15H12N2S2. The van der Waals surface area contributed by atoms with Gasteiger partial charge in [-0.15, -0.1) is 11.3 Å². The summed E-state index contributed by atoms with van der Waals surface area (Å²) in [6, 6.07) is 8.27. The van der Waals surface area contributed by atoms with Crippen LogP contribution in [-0.4, -0.2) is 4.98 Å². The van der Waals surface area contributed by atoms with Crippen LogP contribution in [0.5, 0.6) is 0 Å². The molecule has 1 aromatic carbocycles. The molecule has 0 radical (unpaired) electrons. The third-order valence-corrected chi connectivity index (χ3v) is 4.73. The Hall–Kier alpha value is -1.78. The molecule has 2 aromatic rings. The van der Waals surface area contributed by atoms with E-state index in [9.17, 15) is 0 Å². The first-order valence-corrected chi connectivity index (χ1v) is 7.45. The van der Waals surface area contributed by atoms with Crippen LogP contribution in [0.15, 0.2) is 47.3 Å². The summed E-state index contributed by atoms with van der Waals surface area (Å²) in [7, 11) is 0. The number of thioether (sulfide) groups is 1. The minimum atomic E-state index is 0.896. The van der Waals surface area contributed by atoms with Crippen molar-refractivity contribution in [2.24, 2.45) is 0 Å². The van der Waals surface area contributed by atoms with E-state index < -0.39 is 0 Å². The predicted molar refractivity (Wildman–Crippen MR) is 86.2 cm³/mol. The van der Waals surface area contributed by atoms with Crippen LogP contribution in [0.25, 0.3) is 18.2 Å². The number of hydrogen-bond acceptors (Lipinski definition) is 4. The van der Waals surface area contributed by atoms with Gasteiger partial charge < -0.3 is 5.32 Å². The normalized spacial score (nSPS) is 15.1. The molecule has 0 spiro atoms. The highest BCUT2D eigenvalue weighted by Gasteiger charge is 2.15. The molecule has 0 unspecified atom stereocenters. The molecular weight excluding hydrogens is 272 g/mol. The number of para-hydroxylation sites is 1. The Balaban J connectivity index is 1.90. The number of rotatable bonds is 3. The summed E-state index contributed by atoms with van der Waals surface area (Å²) in [5.41, 5.74) is 2.05. The van der Waals surface area contributed by atoms with Crippen LogP contribution < -0.4 is 5.32 Å². The van der Waals surface area contributed by atoms with Gasteiger partial charge in [0.1, 0.15) is 5.01 Å². The summed E-state index contributed by atoms with van der Waals surface area (Å²) in [6.07, 6.45) is 5.65. The third-order valence-electron chi connectivity index (χ3n) is 2.70. The van der Waals surface area contributed by atoms with E-state index >= 15 is 0 Å². The maximum Gasteiger partial charge on any atom is 0.119 e. The molecule has 1 aliphatic rings. The van der Waals surface area contributed by atoms with Gasteiger partial charge in [-0.3, -0.25) is 0 Å². The van der Waals surface area contributed by atoms with Crippen molar-refractivity contribution in [3.8, 4) is 0 Å². The molecule has 3 rings (SSSR count). The molecule has 0 saturated carbocycles. The minimum Gasteiger partial charge on any atom is -0.349 e. The molecule has 2 heterocycles. The number of benzene rings is 1. The summed E-state index contributed by atoms with van der Waals surface area (Å²) in [5.74, 6) is 0. The average Bonchev–Trinajstić information content (AvgIpc) is 3.01. The number of thiazole rings is 1. The van der Waals surface area contributed by atoms with Crippen molar-refractivity contribution < 1.29 is 0 Å². The Morgan fingerprint density at radius 2 is 2.00 bits per heavy atom. The smallest absolute Gasteiger partial charge is 0.119 e. The molecule has 0 aliphatic carbocycles. The molecule has 94 valence electrons. The van der Waals surface area contributed by atoms with E-state index in [1.807, 2.05) is 18.2 Å². The molecule has 1 aliphatic heterocycles. The first-order valence-electron chi connectivity index (χ1n) is 5.81. The van der Waals surface area contributed by atoms with Gasteiger partial charge in [0.25, 0.3) is 0 Å². The fourth-order valence-corrected chi connectivity index (χ4v) is 3.71. The molecule has 0 saturated heterocycles. The lowest BCUT2D eigenvalue weighted by Gasteiger charge is -1.95. The molecule has 0 bridgehead atoms. The van der Waals surface area contributed by atoms with E-state index in [0.29, 0.717) is 0 Å². The van der Waals surface area contributed by atoms with Crippen LogP contribution >= 0.6 is 23.1 Å². The summed E-state index contributed by atoms with van der Waals surface area (Å²) in [4.78, 5) is 6.83. The summed E-state index contributed by atoms with van der Waals surface area (Å²) in [5, 5.41) is 5.45. The number of hydrogen-bond donors (Lipinski definition) is 1. The van der Waals surface area contributed by atoms with E-state index in [0.717, 1.165) is 26.3 Å². The number of fused-ring (bicyclic) bond motifs is 1. The van der Waals surface area contributed by atoms with Crippen molar-refractivity contribution in [3.05, 3.63) is 58.0 Å². The van der Waals surface area contributed by atoms with Gasteiger partial charge in [0, 0.05) is 11.0 Å². The summed E-state index contributed by atoms with van der Waals surface area (Å²) < 4.78 is 0. The highest BCUT2D eigenvalue weighted by Crippen LogP contribution is 2.41.